The SMILES string of the molecule is Cc1cc(OCC(CN)C(F)(F)F)cc(C)c1Br. The van der Waals surface area contributed by atoms with Crippen molar-refractivity contribution in [1.82, 2.24) is 0 Å². The average Bonchev–Trinajstić information content (AvgIpc) is 2.24. The number of rotatable bonds is 4. The van der Waals surface area contributed by atoms with Crippen molar-refractivity contribution in [2.24, 2.45) is 11.7 Å². The first-order chi connectivity index (χ1) is 8.25. The zero-order valence-electron chi connectivity index (χ0n) is 10.1. The molecule has 0 aliphatic heterocycles. The summed E-state index contributed by atoms with van der Waals surface area (Å²) >= 11 is 3.38. The highest BCUT2D eigenvalue weighted by molar-refractivity contribution is 9.10. The van der Waals surface area contributed by atoms with Gasteiger partial charge in [-0.05, 0) is 37.1 Å². The smallest absolute Gasteiger partial charge is 0.396 e. The van der Waals surface area contributed by atoms with Crippen molar-refractivity contribution >= 4 is 15.9 Å². The summed E-state index contributed by atoms with van der Waals surface area (Å²) in [6.07, 6.45) is -4.33. The highest BCUT2D eigenvalue weighted by Gasteiger charge is 2.39. The van der Waals surface area contributed by atoms with E-state index in [0.717, 1.165) is 15.6 Å². The summed E-state index contributed by atoms with van der Waals surface area (Å²) in [5.74, 6) is -1.21. The maximum Gasteiger partial charge on any atom is 0.396 e. The number of nitrogens with two attached hydrogens (primary N) is 1. The number of hydrogen-bond acceptors (Lipinski definition) is 2. The van der Waals surface area contributed by atoms with Gasteiger partial charge in [0, 0.05) is 11.0 Å². The Hall–Kier alpha value is -0.750. The number of hydrogen-bond donors (Lipinski definition) is 1. The van der Waals surface area contributed by atoms with Crippen LogP contribution < -0.4 is 10.5 Å². The van der Waals surface area contributed by atoms with Gasteiger partial charge < -0.3 is 10.5 Å². The standard InChI is InChI=1S/C12H15BrF3NO/c1-7-3-10(4-8(2)11(7)13)18-6-9(5-17)12(14,15)16/h3-4,9H,5-6,17H2,1-2H3. The van der Waals surface area contributed by atoms with Gasteiger partial charge >= 0.3 is 6.18 Å². The molecule has 0 heterocycles. The van der Waals surface area contributed by atoms with Crippen molar-refractivity contribution in [3.05, 3.63) is 27.7 Å². The van der Waals surface area contributed by atoms with Crippen LogP contribution in [0.3, 0.4) is 0 Å². The van der Waals surface area contributed by atoms with Crippen LogP contribution in [0.4, 0.5) is 13.2 Å². The van der Waals surface area contributed by atoms with Gasteiger partial charge in [-0.25, -0.2) is 0 Å². The highest BCUT2D eigenvalue weighted by Crippen LogP contribution is 2.29. The van der Waals surface area contributed by atoms with Gasteiger partial charge in [0.15, 0.2) is 0 Å². The van der Waals surface area contributed by atoms with Gasteiger partial charge in [-0.1, -0.05) is 15.9 Å². The molecule has 1 rings (SSSR count). The Bertz CT molecular complexity index is 397. The number of halogens is 4. The molecule has 1 aromatic rings. The number of benzene rings is 1. The van der Waals surface area contributed by atoms with Crippen molar-refractivity contribution in [2.75, 3.05) is 13.2 Å². The average molecular weight is 326 g/mol. The van der Waals surface area contributed by atoms with Gasteiger partial charge in [-0.3, -0.25) is 0 Å². The van der Waals surface area contributed by atoms with Gasteiger partial charge in [0.1, 0.15) is 18.3 Å². The Kier molecular flexibility index (Phi) is 5.04. The van der Waals surface area contributed by atoms with E-state index in [-0.39, 0.29) is 0 Å². The van der Waals surface area contributed by atoms with Crippen LogP contribution in [-0.4, -0.2) is 19.3 Å². The predicted octanol–water partition coefficient (Wildman–Crippen LogP) is 3.58. The zero-order chi connectivity index (χ0) is 13.9. The molecule has 1 atom stereocenters. The van der Waals surface area contributed by atoms with Gasteiger partial charge in [0.2, 0.25) is 0 Å². The van der Waals surface area contributed by atoms with Crippen molar-refractivity contribution in [2.45, 2.75) is 20.0 Å². The summed E-state index contributed by atoms with van der Waals surface area (Å²) in [5, 5.41) is 0. The van der Waals surface area contributed by atoms with Crippen LogP contribution in [0.1, 0.15) is 11.1 Å². The van der Waals surface area contributed by atoms with Gasteiger partial charge in [-0.15, -0.1) is 0 Å². The van der Waals surface area contributed by atoms with E-state index in [1.807, 2.05) is 13.8 Å². The van der Waals surface area contributed by atoms with E-state index in [9.17, 15) is 13.2 Å². The van der Waals surface area contributed by atoms with Crippen LogP contribution in [0.2, 0.25) is 0 Å². The Balaban J connectivity index is 2.75. The van der Waals surface area contributed by atoms with Crippen molar-refractivity contribution in [1.29, 1.82) is 0 Å². The van der Waals surface area contributed by atoms with Crippen LogP contribution >= 0.6 is 15.9 Å². The third-order valence-corrected chi connectivity index (χ3v) is 3.86. The minimum Gasteiger partial charge on any atom is -0.493 e. The Morgan fingerprint density at radius 1 is 1.28 bits per heavy atom. The fourth-order valence-electron chi connectivity index (χ4n) is 1.48. The van der Waals surface area contributed by atoms with Crippen LogP contribution in [0.15, 0.2) is 16.6 Å². The van der Waals surface area contributed by atoms with Crippen LogP contribution in [0.25, 0.3) is 0 Å². The number of ether oxygens (including phenoxy) is 1. The van der Waals surface area contributed by atoms with E-state index >= 15 is 0 Å². The van der Waals surface area contributed by atoms with Crippen LogP contribution in [0.5, 0.6) is 5.75 Å². The summed E-state index contributed by atoms with van der Waals surface area (Å²) < 4.78 is 43.5. The largest absolute Gasteiger partial charge is 0.493 e. The second-order valence-electron chi connectivity index (χ2n) is 4.16. The summed E-state index contributed by atoms with van der Waals surface area (Å²) in [5.41, 5.74) is 6.94. The summed E-state index contributed by atoms with van der Waals surface area (Å²) in [4.78, 5) is 0. The third kappa shape index (κ3) is 3.88. The summed E-state index contributed by atoms with van der Waals surface area (Å²) in [7, 11) is 0. The Morgan fingerprint density at radius 3 is 2.17 bits per heavy atom. The van der Waals surface area contributed by atoms with Crippen molar-refractivity contribution in [3.63, 3.8) is 0 Å². The number of aryl methyl sites for hydroxylation is 2. The zero-order valence-corrected chi connectivity index (χ0v) is 11.7. The fourth-order valence-corrected chi connectivity index (χ4v) is 1.71. The maximum atomic E-state index is 12.5. The predicted molar refractivity (Wildman–Crippen MR) is 67.7 cm³/mol. The topological polar surface area (TPSA) is 35.2 Å². The molecule has 1 aromatic carbocycles. The molecule has 0 fully saturated rings. The van der Waals surface area contributed by atoms with E-state index in [4.69, 9.17) is 10.5 Å². The molecule has 0 radical (unpaired) electrons. The van der Waals surface area contributed by atoms with Crippen molar-refractivity contribution in [3.8, 4) is 5.75 Å². The quantitative estimate of drug-likeness (QED) is 0.918. The molecule has 2 N–H and O–H groups in total. The first-order valence-corrected chi connectivity index (χ1v) is 6.21. The molecular formula is C12H15BrF3NO. The maximum absolute atomic E-state index is 12.5. The molecule has 0 aromatic heterocycles. The van der Waals surface area contributed by atoms with Gasteiger partial charge in [0.05, 0.1) is 0 Å². The molecule has 18 heavy (non-hydrogen) atoms. The highest BCUT2D eigenvalue weighted by atomic mass is 79.9. The Labute approximate surface area is 112 Å². The molecule has 102 valence electrons. The second-order valence-corrected chi connectivity index (χ2v) is 4.95. The van der Waals surface area contributed by atoms with E-state index in [1.165, 1.54) is 0 Å². The molecular weight excluding hydrogens is 311 g/mol. The lowest BCUT2D eigenvalue weighted by atomic mass is 10.1. The molecule has 2 nitrogen and oxygen atoms in total. The molecule has 0 bridgehead atoms. The number of alkyl halides is 3. The summed E-state index contributed by atoms with van der Waals surface area (Å²) in [6, 6.07) is 3.39. The summed E-state index contributed by atoms with van der Waals surface area (Å²) in [6.45, 7) is 2.78. The molecule has 1 unspecified atom stereocenters. The fraction of sp³-hybridized carbons (Fsp3) is 0.500. The minimum absolute atomic E-state index is 0.427. The van der Waals surface area contributed by atoms with E-state index in [0.29, 0.717) is 5.75 Å². The molecule has 0 aliphatic carbocycles. The molecule has 0 amide bonds. The lowest BCUT2D eigenvalue weighted by Crippen LogP contribution is -2.35. The van der Waals surface area contributed by atoms with E-state index in [2.05, 4.69) is 15.9 Å². The Morgan fingerprint density at radius 2 is 1.78 bits per heavy atom. The molecule has 0 saturated carbocycles. The van der Waals surface area contributed by atoms with Gasteiger partial charge in [-0.2, -0.15) is 13.2 Å². The van der Waals surface area contributed by atoms with Crippen molar-refractivity contribution < 1.29 is 17.9 Å². The van der Waals surface area contributed by atoms with Gasteiger partial charge in [0.25, 0.3) is 0 Å². The molecule has 0 aliphatic rings. The third-order valence-electron chi connectivity index (χ3n) is 2.61. The lowest BCUT2D eigenvalue weighted by molar-refractivity contribution is -0.178. The first-order valence-electron chi connectivity index (χ1n) is 5.42. The molecule has 0 saturated heterocycles. The first kappa shape index (κ1) is 15.3. The second kappa shape index (κ2) is 5.93. The monoisotopic (exact) mass is 325 g/mol. The molecule has 0 spiro atoms. The normalized spacial score (nSPS) is 13.5. The van der Waals surface area contributed by atoms with Crippen LogP contribution in [-0.2, 0) is 0 Å². The van der Waals surface area contributed by atoms with Crippen LogP contribution in [0, 0.1) is 19.8 Å². The van der Waals surface area contributed by atoms with E-state index < -0.39 is 25.2 Å². The minimum atomic E-state index is -4.33. The lowest BCUT2D eigenvalue weighted by Gasteiger charge is -2.19. The van der Waals surface area contributed by atoms with E-state index in [1.54, 1.807) is 12.1 Å². The molecule has 6 heteroatoms.